The van der Waals surface area contributed by atoms with Crippen LogP contribution in [-0.4, -0.2) is 18.3 Å². The molecule has 1 aromatic carbocycles. The standard InChI is InChI=1S/C14H17FNOP/c1-5-10-6-7-13-11(14(10)18(3,4)17)8-12(15)9(2)16-13/h6-8H,5H2,1-4H3. The van der Waals surface area contributed by atoms with Gasteiger partial charge in [-0.15, -0.1) is 0 Å². The highest BCUT2D eigenvalue weighted by Gasteiger charge is 2.20. The highest BCUT2D eigenvalue weighted by molar-refractivity contribution is 7.70. The fourth-order valence-corrected chi connectivity index (χ4v) is 3.95. The predicted molar refractivity (Wildman–Crippen MR) is 74.9 cm³/mol. The normalized spacial score (nSPS) is 12.1. The largest absolute Gasteiger partial charge is 0.319 e. The van der Waals surface area contributed by atoms with Gasteiger partial charge in [0.05, 0.1) is 11.2 Å². The van der Waals surface area contributed by atoms with Crippen LogP contribution >= 0.6 is 7.14 Å². The summed E-state index contributed by atoms with van der Waals surface area (Å²) < 4.78 is 26.2. The average Bonchev–Trinajstić information content (AvgIpc) is 2.28. The fraction of sp³-hybridized carbons (Fsp3) is 0.357. The summed E-state index contributed by atoms with van der Waals surface area (Å²) in [5, 5.41) is 1.46. The van der Waals surface area contributed by atoms with E-state index in [9.17, 15) is 8.96 Å². The van der Waals surface area contributed by atoms with Gasteiger partial charge in [0.2, 0.25) is 0 Å². The highest BCUT2D eigenvalue weighted by Crippen LogP contribution is 2.39. The highest BCUT2D eigenvalue weighted by atomic mass is 31.2. The third-order valence-corrected chi connectivity index (χ3v) is 4.71. The Balaban J connectivity index is 2.94. The van der Waals surface area contributed by atoms with E-state index < -0.39 is 7.14 Å². The Morgan fingerprint density at radius 2 is 2.00 bits per heavy atom. The molecule has 2 rings (SSSR count). The second-order valence-corrected chi connectivity index (χ2v) is 8.05. The van der Waals surface area contributed by atoms with Crippen LogP contribution < -0.4 is 5.30 Å². The number of benzene rings is 1. The van der Waals surface area contributed by atoms with Gasteiger partial charge in [0.25, 0.3) is 0 Å². The van der Waals surface area contributed by atoms with Crippen molar-refractivity contribution in [2.45, 2.75) is 20.3 Å². The maximum atomic E-state index is 13.7. The molecule has 0 amide bonds. The quantitative estimate of drug-likeness (QED) is 0.778. The summed E-state index contributed by atoms with van der Waals surface area (Å²) in [7, 11) is -2.46. The van der Waals surface area contributed by atoms with E-state index in [-0.39, 0.29) is 5.82 Å². The molecule has 0 N–H and O–H groups in total. The van der Waals surface area contributed by atoms with Gasteiger partial charge in [-0.25, -0.2) is 4.39 Å². The minimum atomic E-state index is -2.46. The van der Waals surface area contributed by atoms with Gasteiger partial charge in [-0.1, -0.05) is 13.0 Å². The molecule has 2 aromatic rings. The van der Waals surface area contributed by atoms with Crippen molar-refractivity contribution in [3.05, 3.63) is 35.3 Å². The summed E-state index contributed by atoms with van der Waals surface area (Å²) in [6, 6.07) is 5.28. The number of fused-ring (bicyclic) bond motifs is 1. The van der Waals surface area contributed by atoms with Crippen LogP contribution in [-0.2, 0) is 11.0 Å². The van der Waals surface area contributed by atoms with Crippen LogP contribution in [0, 0.1) is 12.7 Å². The molecule has 1 heterocycles. The lowest BCUT2D eigenvalue weighted by atomic mass is 10.1. The molecule has 0 fully saturated rings. The number of rotatable bonds is 2. The molecule has 0 bridgehead atoms. The fourth-order valence-electron chi connectivity index (χ4n) is 2.27. The van der Waals surface area contributed by atoms with Gasteiger partial charge < -0.3 is 4.57 Å². The summed E-state index contributed by atoms with van der Waals surface area (Å²) >= 11 is 0. The summed E-state index contributed by atoms with van der Waals surface area (Å²) in [5.41, 5.74) is 2.10. The number of hydrogen-bond donors (Lipinski definition) is 0. The Kier molecular flexibility index (Phi) is 3.29. The minimum absolute atomic E-state index is 0.342. The first-order valence-corrected chi connectivity index (χ1v) is 8.59. The number of aromatic nitrogens is 1. The van der Waals surface area contributed by atoms with Crippen molar-refractivity contribution in [2.75, 3.05) is 13.3 Å². The third-order valence-electron chi connectivity index (χ3n) is 3.10. The van der Waals surface area contributed by atoms with E-state index in [2.05, 4.69) is 4.98 Å². The number of halogens is 1. The monoisotopic (exact) mass is 265 g/mol. The van der Waals surface area contributed by atoms with Crippen molar-refractivity contribution in [1.82, 2.24) is 4.98 Å². The SMILES string of the molecule is CCc1ccc2nc(C)c(F)cc2c1P(C)(C)=O. The van der Waals surface area contributed by atoms with E-state index >= 15 is 0 Å². The van der Waals surface area contributed by atoms with E-state index in [4.69, 9.17) is 0 Å². The number of pyridine rings is 1. The lowest BCUT2D eigenvalue weighted by molar-refractivity contribution is 0.588. The van der Waals surface area contributed by atoms with Gasteiger partial charge in [-0.3, -0.25) is 4.98 Å². The van der Waals surface area contributed by atoms with E-state index in [1.165, 1.54) is 6.07 Å². The Bertz CT molecular complexity index is 660. The second-order valence-electron chi connectivity index (χ2n) is 4.90. The van der Waals surface area contributed by atoms with E-state index in [1.54, 1.807) is 20.3 Å². The van der Waals surface area contributed by atoms with E-state index in [0.717, 1.165) is 17.3 Å². The topological polar surface area (TPSA) is 30.0 Å². The molecule has 4 heteroatoms. The zero-order valence-corrected chi connectivity index (χ0v) is 12.0. The summed E-state index contributed by atoms with van der Waals surface area (Å²) in [5.74, 6) is -0.342. The number of nitrogens with zero attached hydrogens (tertiary/aromatic N) is 1. The van der Waals surface area contributed by atoms with Gasteiger partial charge in [0.1, 0.15) is 13.0 Å². The molecule has 96 valence electrons. The Labute approximate surface area is 107 Å². The number of aryl methyl sites for hydroxylation is 2. The Hall–Kier alpha value is -1.21. The minimum Gasteiger partial charge on any atom is -0.319 e. The Morgan fingerprint density at radius 1 is 1.33 bits per heavy atom. The van der Waals surface area contributed by atoms with Crippen molar-refractivity contribution < 1.29 is 8.96 Å². The van der Waals surface area contributed by atoms with Crippen molar-refractivity contribution in [3.63, 3.8) is 0 Å². The first-order valence-electron chi connectivity index (χ1n) is 5.99. The first kappa shape index (κ1) is 13.2. The molecular formula is C14H17FNOP. The molecule has 2 nitrogen and oxygen atoms in total. The molecule has 18 heavy (non-hydrogen) atoms. The predicted octanol–water partition coefficient (Wildman–Crippen LogP) is 3.49. The van der Waals surface area contributed by atoms with Crippen molar-refractivity contribution in [3.8, 4) is 0 Å². The molecule has 0 radical (unpaired) electrons. The van der Waals surface area contributed by atoms with Gasteiger partial charge >= 0.3 is 0 Å². The van der Waals surface area contributed by atoms with Crippen LogP contribution in [0.4, 0.5) is 4.39 Å². The first-order chi connectivity index (χ1) is 8.34. The van der Waals surface area contributed by atoms with Gasteiger partial charge in [-0.05, 0) is 44.4 Å². The molecule has 0 unspecified atom stereocenters. The van der Waals surface area contributed by atoms with Gasteiger partial charge in [-0.2, -0.15) is 0 Å². The molecule has 0 aliphatic carbocycles. The van der Waals surface area contributed by atoms with Crippen molar-refractivity contribution in [2.24, 2.45) is 0 Å². The zero-order valence-electron chi connectivity index (χ0n) is 11.1. The van der Waals surface area contributed by atoms with Gasteiger partial charge in [0, 0.05) is 10.7 Å². The summed E-state index contributed by atoms with van der Waals surface area (Å²) in [6.07, 6.45) is 0.784. The molecule has 0 atom stereocenters. The lowest BCUT2D eigenvalue weighted by Crippen LogP contribution is -2.12. The molecule has 0 aliphatic rings. The molecule has 0 saturated heterocycles. The third kappa shape index (κ3) is 2.20. The summed E-state index contributed by atoms with van der Waals surface area (Å²) in [4.78, 5) is 4.23. The summed E-state index contributed by atoms with van der Waals surface area (Å²) in [6.45, 7) is 7.09. The maximum absolute atomic E-state index is 13.7. The van der Waals surface area contributed by atoms with Crippen LogP contribution in [0.15, 0.2) is 18.2 Å². The zero-order chi connectivity index (χ0) is 13.5. The second kappa shape index (κ2) is 4.47. The maximum Gasteiger partial charge on any atom is 0.145 e. The van der Waals surface area contributed by atoms with Crippen LogP contribution in [0.1, 0.15) is 18.2 Å². The van der Waals surface area contributed by atoms with Crippen LogP contribution in [0.3, 0.4) is 0 Å². The smallest absolute Gasteiger partial charge is 0.145 e. The van der Waals surface area contributed by atoms with Crippen LogP contribution in [0.5, 0.6) is 0 Å². The van der Waals surface area contributed by atoms with Gasteiger partial charge in [0.15, 0.2) is 0 Å². The molecule has 1 aromatic heterocycles. The number of hydrogen-bond acceptors (Lipinski definition) is 2. The van der Waals surface area contributed by atoms with E-state index in [0.29, 0.717) is 16.6 Å². The molecular weight excluding hydrogens is 248 g/mol. The average molecular weight is 265 g/mol. The molecule has 0 aliphatic heterocycles. The van der Waals surface area contributed by atoms with Crippen molar-refractivity contribution in [1.29, 1.82) is 0 Å². The molecule has 0 spiro atoms. The Morgan fingerprint density at radius 3 is 2.56 bits per heavy atom. The lowest BCUT2D eigenvalue weighted by Gasteiger charge is -2.16. The van der Waals surface area contributed by atoms with Crippen LogP contribution in [0.2, 0.25) is 0 Å². The van der Waals surface area contributed by atoms with Crippen molar-refractivity contribution >= 4 is 23.3 Å². The van der Waals surface area contributed by atoms with Crippen LogP contribution in [0.25, 0.3) is 10.9 Å². The molecule has 0 saturated carbocycles. The van der Waals surface area contributed by atoms with E-state index in [1.807, 2.05) is 19.1 Å².